The zero-order valence-electron chi connectivity index (χ0n) is 16.3. The zero-order valence-corrected chi connectivity index (χ0v) is 16.3. The lowest BCUT2D eigenvalue weighted by molar-refractivity contribution is -0.139. The molecule has 2 unspecified atom stereocenters. The number of ether oxygens (including phenoxy) is 1. The van der Waals surface area contributed by atoms with E-state index in [2.05, 4.69) is 5.32 Å². The molecule has 5 heteroatoms. The van der Waals surface area contributed by atoms with Crippen molar-refractivity contribution in [2.24, 2.45) is 5.92 Å². The molecule has 0 radical (unpaired) electrons. The van der Waals surface area contributed by atoms with Gasteiger partial charge in [-0.2, -0.15) is 0 Å². The van der Waals surface area contributed by atoms with Gasteiger partial charge in [-0.25, -0.2) is 0 Å². The van der Waals surface area contributed by atoms with Gasteiger partial charge in [-0.15, -0.1) is 0 Å². The number of carboxylic acids is 1. The van der Waals surface area contributed by atoms with Gasteiger partial charge in [0.25, 0.3) is 0 Å². The van der Waals surface area contributed by atoms with E-state index in [9.17, 15) is 14.7 Å². The zero-order chi connectivity index (χ0) is 20.0. The van der Waals surface area contributed by atoms with Gasteiger partial charge in [-0.05, 0) is 43.5 Å². The minimum Gasteiger partial charge on any atom is -0.497 e. The molecule has 144 valence electrons. The number of carbonyl (C=O) groups is 2. The van der Waals surface area contributed by atoms with Gasteiger partial charge in [0.2, 0.25) is 5.91 Å². The number of aliphatic carboxylic acids is 1. The summed E-state index contributed by atoms with van der Waals surface area (Å²) in [7, 11) is 1.55. The summed E-state index contributed by atoms with van der Waals surface area (Å²) in [5, 5.41) is 12.3. The normalized spacial score (nSPS) is 14.1. The maximum absolute atomic E-state index is 12.8. The smallest absolute Gasteiger partial charge is 0.306 e. The Morgan fingerprint density at radius 1 is 1.19 bits per heavy atom. The molecule has 2 atom stereocenters. The molecule has 2 N–H and O–H groups in total. The Morgan fingerprint density at radius 2 is 1.85 bits per heavy atom. The van der Waals surface area contributed by atoms with E-state index in [4.69, 9.17) is 4.74 Å². The highest BCUT2D eigenvalue weighted by Crippen LogP contribution is 2.28. The van der Waals surface area contributed by atoms with E-state index in [0.717, 1.165) is 5.56 Å². The average Bonchev–Trinajstić information content (AvgIpc) is 2.62. The number of aryl methyl sites for hydroxylation is 1. The van der Waals surface area contributed by atoms with E-state index >= 15 is 0 Å². The van der Waals surface area contributed by atoms with Crippen molar-refractivity contribution in [3.63, 3.8) is 0 Å². The monoisotopic (exact) mass is 369 g/mol. The number of benzene rings is 2. The number of hydrogen-bond donors (Lipinski definition) is 2. The van der Waals surface area contributed by atoms with Crippen molar-refractivity contribution >= 4 is 11.9 Å². The summed E-state index contributed by atoms with van der Waals surface area (Å²) >= 11 is 0. The van der Waals surface area contributed by atoms with Crippen LogP contribution in [0.3, 0.4) is 0 Å². The molecule has 0 saturated carbocycles. The number of hydrogen-bond acceptors (Lipinski definition) is 3. The van der Waals surface area contributed by atoms with Crippen LogP contribution in [0.5, 0.6) is 5.75 Å². The van der Waals surface area contributed by atoms with Gasteiger partial charge in [0, 0.05) is 5.92 Å². The van der Waals surface area contributed by atoms with Crippen LogP contribution in [0.4, 0.5) is 0 Å². The standard InChI is InChI=1S/C22H27NO4/c1-15-8-10-17(11-9-15)12-16(2)21(26)23-22(3,14-20(24)25)18-6-5-7-19(13-18)27-4/h5-11,13,16H,12,14H2,1-4H3,(H,23,26)(H,24,25). The lowest BCUT2D eigenvalue weighted by Gasteiger charge is -2.31. The van der Waals surface area contributed by atoms with E-state index in [-0.39, 0.29) is 18.2 Å². The molecule has 0 bridgehead atoms. The highest BCUT2D eigenvalue weighted by atomic mass is 16.5. The number of methoxy groups -OCH3 is 1. The number of carbonyl (C=O) groups excluding carboxylic acids is 1. The Bertz CT molecular complexity index is 800. The van der Waals surface area contributed by atoms with Crippen LogP contribution >= 0.6 is 0 Å². The van der Waals surface area contributed by atoms with Crippen LogP contribution in [-0.2, 0) is 21.5 Å². The first-order chi connectivity index (χ1) is 12.7. The third-order valence-corrected chi connectivity index (χ3v) is 4.72. The second-order valence-corrected chi connectivity index (χ2v) is 7.21. The predicted molar refractivity (Wildman–Crippen MR) is 105 cm³/mol. The number of amides is 1. The van der Waals surface area contributed by atoms with E-state index in [0.29, 0.717) is 17.7 Å². The first-order valence-electron chi connectivity index (χ1n) is 8.97. The summed E-state index contributed by atoms with van der Waals surface area (Å²) in [5.41, 5.74) is 1.91. The molecule has 2 aromatic carbocycles. The van der Waals surface area contributed by atoms with Crippen molar-refractivity contribution in [3.05, 3.63) is 65.2 Å². The number of rotatable bonds is 8. The van der Waals surface area contributed by atoms with Gasteiger partial charge in [-0.3, -0.25) is 9.59 Å². The van der Waals surface area contributed by atoms with Crippen LogP contribution in [0, 0.1) is 12.8 Å². The highest BCUT2D eigenvalue weighted by molar-refractivity contribution is 5.81. The third kappa shape index (κ3) is 5.58. The molecule has 27 heavy (non-hydrogen) atoms. The van der Waals surface area contributed by atoms with Crippen molar-refractivity contribution in [2.45, 2.75) is 39.2 Å². The van der Waals surface area contributed by atoms with Crippen LogP contribution in [-0.4, -0.2) is 24.1 Å². The molecule has 5 nitrogen and oxygen atoms in total. The summed E-state index contributed by atoms with van der Waals surface area (Å²) in [6, 6.07) is 15.2. The van der Waals surface area contributed by atoms with Gasteiger partial charge in [0.1, 0.15) is 5.75 Å². The van der Waals surface area contributed by atoms with Crippen LogP contribution in [0.15, 0.2) is 48.5 Å². The summed E-state index contributed by atoms with van der Waals surface area (Å²) in [6.07, 6.45) is 0.372. The van der Waals surface area contributed by atoms with Crippen molar-refractivity contribution < 1.29 is 19.4 Å². The van der Waals surface area contributed by atoms with Crippen LogP contribution < -0.4 is 10.1 Å². The second kappa shape index (κ2) is 8.71. The molecule has 0 aliphatic rings. The summed E-state index contributed by atoms with van der Waals surface area (Å²) in [6.45, 7) is 5.60. The fourth-order valence-corrected chi connectivity index (χ4v) is 3.05. The Labute approximate surface area is 160 Å². The minimum atomic E-state index is -1.03. The van der Waals surface area contributed by atoms with E-state index in [1.165, 1.54) is 5.56 Å². The molecular formula is C22H27NO4. The predicted octanol–water partition coefficient (Wildman–Crippen LogP) is 3.69. The topological polar surface area (TPSA) is 75.6 Å². The Balaban J connectivity index is 2.19. The average molecular weight is 369 g/mol. The summed E-state index contributed by atoms with van der Waals surface area (Å²) < 4.78 is 5.24. The van der Waals surface area contributed by atoms with Crippen LogP contribution in [0.1, 0.15) is 37.0 Å². The largest absolute Gasteiger partial charge is 0.497 e. The lowest BCUT2D eigenvalue weighted by atomic mass is 9.87. The molecular weight excluding hydrogens is 342 g/mol. The van der Waals surface area contributed by atoms with Crippen molar-refractivity contribution in [1.29, 1.82) is 0 Å². The molecule has 1 amide bonds. The molecule has 0 aliphatic carbocycles. The first-order valence-corrected chi connectivity index (χ1v) is 8.97. The van der Waals surface area contributed by atoms with Crippen molar-refractivity contribution in [3.8, 4) is 5.75 Å². The molecule has 2 aromatic rings. The van der Waals surface area contributed by atoms with Gasteiger partial charge in [0.05, 0.1) is 19.1 Å². The van der Waals surface area contributed by atoms with Crippen LogP contribution in [0.25, 0.3) is 0 Å². The van der Waals surface area contributed by atoms with Crippen molar-refractivity contribution in [1.82, 2.24) is 5.32 Å². The maximum Gasteiger partial charge on any atom is 0.306 e. The lowest BCUT2D eigenvalue weighted by Crippen LogP contribution is -2.47. The molecule has 0 heterocycles. The second-order valence-electron chi connectivity index (χ2n) is 7.21. The van der Waals surface area contributed by atoms with Gasteiger partial charge < -0.3 is 15.2 Å². The van der Waals surface area contributed by atoms with E-state index < -0.39 is 11.5 Å². The van der Waals surface area contributed by atoms with Gasteiger partial charge >= 0.3 is 5.97 Å². The summed E-state index contributed by atoms with van der Waals surface area (Å²) in [4.78, 5) is 24.2. The molecule has 0 fully saturated rings. The fourth-order valence-electron chi connectivity index (χ4n) is 3.05. The SMILES string of the molecule is COc1cccc(C(C)(CC(=O)O)NC(=O)C(C)Cc2ccc(C)cc2)c1. The van der Waals surface area contributed by atoms with E-state index in [1.807, 2.05) is 38.1 Å². The molecule has 0 aliphatic heterocycles. The fraction of sp³-hybridized carbons (Fsp3) is 0.364. The molecule has 0 saturated heterocycles. The van der Waals surface area contributed by atoms with Crippen LogP contribution in [0.2, 0.25) is 0 Å². The molecule has 0 aromatic heterocycles. The van der Waals surface area contributed by atoms with E-state index in [1.54, 1.807) is 38.3 Å². The van der Waals surface area contributed by atoms with Gasteiger partial charge in [0.15, 0.2) is 0 Å². The quantitative estimate of drug-likeness (QED) is 0.744. The first kappa shape index (κ1) is 20.5. The minimum absolute atomic E-state index is 0.179. The van der Waals surface area contributed by atoms with Gasteiger partial charge in [-0.1, -0.05) is 48.9 Å². The Morgan fingerprint density at radius 3 is 2.44 bits per heavy atom. The maximum atomic E-state index is 12.8. The number of nitrogens with one attached hydrogen (secondary N) is 1. The number of carboxylic acid groups (broad SMARTS) is 1. The highest BCUT2D eigenvalue weighted by Gasteiger charge is 2.33. The Kier molecular flexibility index (Phi) is 6.61. The summed E-state index contributed by atoms with van der Waals surface area (Å²) in [5.74, 6) is -0.827. The van der Waals surface area contributed by atoms with Crippen molar-refractivity contribution in [2.75, 3.05) is 7.11 Å². The Hall–Kier alpha value is -2.82. The molecule has 2 rings (SSSR count). The molecule has 0 spiro atoms. The third-order valence-electron chi connectivity index (χ3n) is 4.72.